The highest BCUT2D eigenvalue weighted by atomic mass is 35.5. The summed E-state index contributed by atoms with van der Waals surface area (Å²) in [5.74, 6) is -0.389. The van der Waals surface area contributed by atoms with Crippen molar-refractivity contribution in [2.24, 2.45) is 0 Å². The normalized spacial score (nSPS) is 10.4. The van der Waals surface area contributed by atoms with E-state index in [1.165, 1.54) is 0 Å². The highest BCUT2D eigenvalue weighted by Crippen LogP contribution is 2.21. The van der Waals surface area contributed by atoms with Crippen LogP contribution in [0.25, 0.3) is 0 Å². The summed E-state index contributed by atoms with van der Waals surface area (Å²) in [7, 11) is 0. The van der Waals surface area contributed by atoms with Gasteiger partial charge in [-0.1, -0.05) is 48.7 Å². The number of halogens is 2. The van der Waals surface area contributed by atoms with Crippen LogP contribution in [0.5, 0.6) is 0 Å². The number of unbranched alkanes of at least 4 members (excludes halogenated alkanes) is 1. The molecular formula is C20H22Cl2N2O2. The summed E-state index contributed by atoms with van der Waals surface area (Å²) >= 11 is 12.0. The lowest BCUT2D eigenvalue weighted by Gasteiger charge is -2.09. The molecule has 0 aromatic heterocycles. The molecule has 0 aliphatic heterocycles. The first-order valence-electron chi connectivity index (χ1n) is 8.61. The number of amides is 2. The molecule has 26 heavy (non-hydrogen) atoms. The second kappa shape index (κ2) is 10.2. The summed E-state index contributed by atoms with van der Waals surface area (Å²) in [6.45, 7) is 3.13. The minimum absolute atomic E-state index is 0.166. The van der Waals surface area contributed by atoms with Gasteiger partial charge in [0.25, 0.3) is 11.8 Å². The summed E-state index contributed by atoms with van der Waals surface area (Å²) in [5.41, 5.74) is 1.85. The first kappa shape index (κ1) is 20.3. The molecule has 0 radical (unpaired) electrons. The molecule has 6 heteroatoms. The lowest BCUT2D eigenvalue weighted by Crippen LogP contribution is -2.27. The number of carbonyl (C=O) groups is 2. The zero-order chi connectivity index (χ0) is 18.9. The number of rotatable bonds is 8. The van der Waals surface area contributed by atoms with Gasteiger partial charge >= 0.3 is 0 Å². The van der Waals surface area contributed by atoms with E-state index >= 15 is 0 Å². The van der Waals surface area contributed by atoms with Gasteiger partial charge in [0.2, 0.25) is 0 Å². The van der Waals surface area contributed by atoms with Gasteiger partial charge in [-0.25, -0.2) is 0 Å². The van der Waals surface area contributed by atoms with Crippen LogP contribution in [0.2, 0.25) is 10.0 Å². The third-order valence-corrected chi connectivity index (χ3v) is 4.48. The predicted molar refractivity (Wildman–Crippen MR) is 106 cm³/mol. The van der Waals surface area contributed by atoms with Gasteiger partial charge in [0, 0.05) is 34.3 Å². The van der Waals surface area contributed by atoms with Crippen LogP contribution in [0.3, 0.4) is 0 Å². The van der Waals surface area contributed by atoms with Crippen LogP contribution in [0.4, 0.5) is 0 Å². The SMILES string of the molecule is CCCCNC(=O)c1cccc(C(=O)NCCc2ccc(Cl)cc2Cl)c1. The monoisotopic (exact) mass is 392 g/mol. The van der Waals surface area contributed by atoms with Crippen molar-refractivity contribution in [3.63, 3.8) is 0 Å². The highest BCUT2D eigenvalue weighted by molar-refractivity contribution is 6.35. The van der Waals surface area contributed by atoms with Crippen molar-refractivity contribution < 1.29 is 9.59 Å². The van der Waals surface area contributed by atoms with E-state index in [9.17, 15) is 9.59 Å². The largest absolute Gasteiger partial charge is 0.352 e. The molecule has 0 saturated carbocycles. The van der Waals surface area contributed by atoms with Crippen LogP contribution in [0.15, 0.2) is 42.5 Å². The molecule has 2 amide bonds. The lowest BCUT2D eigenvalue weighted by molar-refractivity contribution is 0.0952. The number of hydrogen-bond donors (Lipinski definition) is 2. The molecule has 2 aromatic carbocycles. The first-order valence-corrected chi connectivity index (χ1v) is 9.37. The van der Waals surface area contributed by atoms with Gasteiger partial charge < -0.3 is 10.6 Å². The summed E-state index contributed by atoms with van der Waals surface area (Å²) in [6, 6.07) is 12.0. The molecule has 0 aliphatic rings. The van der Waals surface area contributed by atoms with E-state index in [1.807, 2.05) is 6.07 Å². The standard InChI is InChI=1S/C20H22Cl2N2O2/c1-2-3-10-23-19(25)15-5-4-6-16(12-15)20(26)24-11-9-14-7-8-17(21)13-18(14)22/h4-8,12-13H,2-3,9-11H2,1H3,(H,23,25)(H,24,26). The van der Waals surface area contributed by atoms with Crippen molar-refractivity contribution in [2.45, 2.75) is 26.2 Å². The second-order valence-corrected chi connectivity index (χ2v) is 6.78. The summed E-state index contributed by atoms with van der Waals surface area (Å²) in [6.07, 6.45) is 2.54. The topological polar surface area (TPSA) is 58.2 Å². The molecule has 2 rings (SSSR count). The maximum Gasteiger partial charge on any atom is 0.251 e. The van der Waals surface area contributed by atoms with Gasteiger partial charge in [-0.15, -0.1) is 0 Å². The van der Waals surface area contributed by atoms with Crippen molar-refractivity contribution in [3.05, 3.63) is 69.2 Å². The zero-order valence-corrected chi connectivity index (χ0v) is 16.2. The van der Waals surface area contributed by atoms with E-state index in [0.29, 0.717) is 40.7 Å². The Balaban J connectivity index is 1.90. The average molecular weight is 393 g/mol. The molecule has 2 N–H and O–H groups in total. The van der Waals surface area contributed by atoms with Gasteiger partial charge in [-0.2, -0.15) is 0 Å². The fraction of sp³-hybridized carbons (Fsp3) is 0.300. The molecule has 138 valence electrons. The van der Waals surface area contributed by atoms with Crippen LogP contribution in [0, 0.1) is 0 Å². The summed E-state index contributed by atoms with van der Waals surface area (Å²) in [5, 5.41) is 6.85. The van der Waals surface area contributed by atoms with Crippen LogP contribution >= 0.6 is 23.2 Å². The average Bonchev–Trinajstić information content (AvgIpc) is 2.63. The molecule has 0 heterocycles. The zero-order valence-electron chi connectivity index (χ0n) is 14.6. The molecule has 0 saturated heterocycles. The van der Waals surface area contributed by atoms with Crippen molar-refractivity contribution >= 4 is 35.0 Å². The minimum atomic E-state index is -0.224. The first-order chi connectivity index (χ1) is 12.5. The molecular weight excluding hydrogens is 371 g/mol. The van der Waals surface area contributed by atoms with Gasteiger partial charge in [0.05, 0.1) is 0 Å². The third kappa shape index (κ3) is 6.04. The Morgan fingerprint density at radius 3 is 2.19 bits per heavy atom. The Morgan fingerprint density at radius 1 is 0.923 bits per heavy atom. The Kier molecular flexibility index (Phi) is 7.95. The van der Waals surface area contributed by atoms with Crippen LogP contribution < -0.4 is 10.6 Å². The van der Waals surface area contributed by atoms with Gasteiger partial charge in [-0.05, 0) is 48.7 Å². The molecule has 0 spiro atoms. The Bertz CT molecular complexity index is 778. The van der Waals surface area contributed by atoms with Crippen LogP contribution in [-0.4, -0.2) is 24.9 Å². The smallest absolute Gasteiger partial charge is 0.251 e. The maximum absolute atomic E-state index is 12.3. The second-order valence-electron chi connectivity index (χ2n) is 5.93. The maximum atomic E-state index is 12.3. The van der Waals surface area contributed by atoms with Crippen LogP contribution in [0.1, 0.15) is 46.0 Å². The van der Waals surface area contributed by atoms with Crippen molar-refractivity contribution in [1.29, 1.82) is 0 Å². The quantitative estimate of drug-likeness (QED) is 0.649. The van der Waals surface area contributed by atoms with E-state index in [0.717, 1.165) is 18.4 Å². The van der Waals surface area contributed by atoms with Crippen molar-refractivity contribution in [2.75, 3.05) is 13.1 Å². The number of nitrogens with one attached hydrogen (secondary N) is 2. The Morgan fingerprint density at radius 2 is 1.58 bits per heavy atom. The Hall–Kier alpha value is -2.04. The van der Waals surface area contributed by atoms with Crippen LogP contribution in [-0.2, 0) is 6.42 Å². The molecule has 0 bridgehead atoms. The van der Waals surface area contributed by atoms with Crippen molar-refractivity contribution in [1.82, 2.24) is 10.6 Å². The van der Waals surface area contributed by atoms with E-state index in [4.69, 9.17) is 23.2 Å². The highest BCUT2D eigenvalue weighted by Gasteiger charge is 2.10. The molecule has 0 unspecified atom stereocenters. The summed E-state index contributed by atoms with van der Waals surface area (Å²) in [4.78, 5) is 24.4. The fourth-order valence-electron chi connectivity index (χ4n) is 2.42. The summed E-state index contributed by atoms with van der Waals surface area (Å²) < 4.78 is 0. The number of carbonyl (C=O) groups excluding carboxylic acids is 2. The molecule has 0 fully saturated rings. The lowest BCUT2D eigenvalue weighted by atomic mass is 10.1. The van der Waals surface area contributed by atoms with E-state index in [1.54, 1.807) is 36.4 Å². The number of benzene rings is 2. The molecule has 2 aromatic rings. The van der Waals surface area contributed by atoms with E-state index < -0.39 is 0 Å². The van der Waals surface area contributed by atoms with E-state index in [-0.39, 0.29) is 11.8 Å². The predicted octanol–water partition coefficient (Wildman–Crippen LogP) is 4.50. The minimum Gasteiger partial charge on any atom is -0.352 e. The molecule has 4 nitrogen and oxygen atoms in total. The van der Waals surface area contributed by atoms with Crippen molar-refractivity contribution in [3.8, 4) is 0 Å². The molecule has 0 atom stereocenters. The fourth-order valence-corrected chi connectivity index (χ4v) is 2.92. The Labute approximate surface area is 163 Å². The van der Waals surface area contributed by atoms with Gasteiger partial charge in [0.15, 0.2) is 0 Å². The van der Waals surface area contributed by atoms with E-state index in [2.05, 4.69) is 17.6 Å². The third-order valence-electron chi connectivity index (χ3n) is 3.90. The molecule has 0 aliphatic carbocycles. The number of hydrogen-bond acceptors (Lipinski definition) is 2. The van der Waals surface area contributed by atoms with Gasteiger partial charge in [-0.3, -0.25) is 9.59 Å². The van der Waals surface area contributed by atoms with Gasteiger partial charge in [0.1, 0.15) is 0 Å².